The monoisotopic (exact) mass is 494 g/mol. The summed E-state index contributed by atoms with van der Waals surface area (Å²) in [6.45, 7) is 3.29. The molecule has 4 aliphatic heterocycles. The fourth-order valence-corrected chi connectivity index (χ4v) is 6.35. The van der Waals surface area contributed by atoms with Crippen LogP contribution in [0, 0.1) is 11.8 Å². The summed E-state index contributed by atoms with van der Waals surface area (Å²) in [5.74, 6) is -2.59. The van der Waals surface area contributed by atoms with Crippen molar-refractivity contribution in [1.29, 1.82) is 0 Å². The number of rotatable bonds is 7. The minimum absolute atomic E-state index is 0.00441. The predicted octanol–water partition coefficient (Wildman–Crippen LogP) is 2.22. The maximum atomic E-state index is 14.2. The lowest BCUT2D eigenvalue weighted by Crippen LogP contribution is -2.56. The van der Waals surface area contributed by atoms with Gasteiger partial charge in [0.05, 0.1) is 12.5 Å². The van der Waals surface area contributed by atoms with E-state index in [4.69, 9.17) is 9.47 Å². The van der Waals surface area contributed by atoms with E-state index in [1.54, 1.807) is 9.80 Å². The van der Waals surface area contributed by atoms with Crippen molar-refractivity contribution in [2.75, 3.05) is 26.3 Å². The number of carbonyl (C=O) groups is 3. The Labute approximate surface area is 211 Å². The molecule has 1 aromatic rings. The number of carbonyl (C=O) groups excluding carboxylic acids is 3. The highest BCUT2D eigenvalue weighted by atomic mass is 16.6. The first-order chi connectivity index (χ1) is 17.5. The Hall–Kier alpha value is -2.97. The number of esters is 1. The molecule has 1 aromatic carbocycles. The summed E-state index contributed by atoms with van der Waals surface area (Å²) in [6.07, 6.45) is 9.73. The predicted molar refractivity (Wildman–Crippen MR) is 131 cm³/mol. The number of hydrogen-bond acceptors (Lipinski definition) is 6. The number of unbranched alkanes of at least 4 members (excludes halogenated alkanes) is 1. The highest BCUT2D eigenvalue weighted by molar-refractivity contribution is 5.99. The van der Waals surface area contributed by atoms with Crippen molar-refractivity contribution in [3.8, 4) is 0 Å². The molecule has 0 saturated carbocycles. The zero-order valence-corrected chi connectivity index (χ0v) is 20.7. The lowest BCUT2D eigenvalue weighted by Gasteiger charge is -2.38. The minimum atomic E-state index is -1.27. The number of benzene rings is 1. The van der Waals surface area contributed by atoms with Gasteiger partial charge in [0.2, 0.25) is 11.8 Å². The van der Waals surface area contributed by atoms with Crippen molar-refractivity contribution in [3.05, 3.63) is 60.2 Å². The molecule has 1 unspecified atom stereocenters. The Bertz CT molecular complexity index is 1070. The lowest BCUT2D eigenvalue weighted by atomic mass is 9.73. The van der Waals surface area contributed by atoms with Gasteiger partial charge < -0.3 is 24.4 Å². The van der Waals surface area contributed by atoms with E-state index < -0.39 is 35.0 Å². The van der Waals surface area contributed by atoms with Gasteiger partial charge in [-0.05, 0) is 31.2 Å². The third-order valence-electron chi connectivity index (χ3n) is 8.01. The molecule has 0 aromatic heterocycles. The third kappa shape index (κ3) is 3.87. The van der Waals surface area contributed by atoms with Gasteiger partial charge in [0, 0.05) is 26.2 Å². The average molecular weight is 495 g/mol. The maximum absolute atomic E-state index is 14.2. The second-order valence-corrected chi connectivity index (χ2v) is 10.0. The first-order valence-electron chi connectivity index (χ1n) is 12.9. The molecule has 1 spiro atoms. The summed E-state index contributed by atoms with van der Waals surface area (Å²) in [5.41, 5.74) is -1.30. The number of likely N-dealkylation sites (tertiary alicyclic amines) is 1. The van der Waals surface area contributed by atoms with E-state index >= 15 is 0 Å². The van der Waals surface area contributed by atoms with Gasteiger partial charge in [0.25, 0.3) is 0 Å². The van der Waals surface area contributed by atoms with E-state index in [-0.39, 0.29) is 25.0 Å². The number of aliphatic hydroxyl groups is 1. The van der Waals surface area contributed by atoms with E-state index in [1.807, 2.05) is 61.6 Å². The van der Waals surface area contributed by atoms with Crippen molar-refractivity contribution in [2.45, 2.75) is 56.4 Å². The highest BCUT2D eigenvalue weighted by Gasteiger charge is 2.75. The highest BCUT2D eigenvalue weighted by Crippen LogP contribution is 2.58. The molecular formula is C28H34N2O6. The number of hydrogen-bond donors (Lipinski definition) is 1. The smallest absolute Gasteiger partial charge is 0.313 e. The first-order valence-corrected chi connectivity index (χ1v) is 12.9. The lowest BCUT2D eigenvalue weighted by molar-refractivity contribution is -0.162. The molecule has 5 atom stereocenters. The van der Waals surface area contributed by atoms with Crippen molar-refractivity contribution >= 4 is 17.8 Å². The molecule has 8 heteroatoms. The van der Waals surface area contributed by atoms with E-state index in [0.29, 0.717) is 45.3 Å². The van der Waals surface area contributed by atoms with Gasteiger partial charge in [-0.2, -0.15) is 0 Å². The molecule has 0 bridgehead atoms. The second-order valence-electron chi connectivity index (χ2n) is 10.0. The fourth-order valence-electron chi connectivity index (χ4n) is 6.35. The Morgan fingerprint density at radius 2 is 1.83 bits per heavy atom. The van der Waals surface area contributed by atoms with Crippen LogP contribution in [0.2, 0.25) is 0 Å². The van der Waals surface area contributed by atoms with Crippen LogP contribution in [0.4, 0.5) is 0 Å². The van der Waals surface area contributed by atoms with Crippen LogP contribution in [-0.4, -0.2) is 76.2 Å². The summed E-state index contributed by atoms with van der Waals surface area (Å²) in [5, 5.41) is 9.33. The number of amides is 2. The van der Waals surface area contributed by atoms with Crippen LogP contribution < -0.4 is 0 Å². The molecule has 2 amide bonds. The van der Waals surface area contributed by atoms with Gasteiger partial charge in [-0.3, -0.25) is 14.4 Å². The summed E-state index contributed by atoms with van der Waals surface area (Å²) in [4.78, 5) is 45.0. The van der Waals surface area contributed by atoms with Crippen LogP contribution in [0.1, 0.15) is 38.2 Å². The molecule has 192 valence electrons. The molecule has 0 aliphatic carbocycles. The fraction of sp³-hybridized carbons (Fsp3) is 0.536. The van der Waals surface area contributed by atoms with Gasteiger partial charge in [0.1, 0.15) is 23.2 Å². The SMILES string of the molecule is CC[C@]12C=CCCOC(=O)[C@H]1[C@H]1C(=O)N(CCCCO)C3C(=O)N(Cc4ccccc4)CC=C[C@@]31O2. The van der Waals surface area contributed by atoms with Crippen LogP contribution in [0.25, 0.3) is 0 Å². The van der Waals surface area contributed by atoms with Crippen LogP contribution >= 0.6 is 0 Å². The second kappa shape index (κ2) is 9.82. The number of cyclic esters (lactones) is 1. The Morgan fingerprint density at radius 1 is 1.03 bits per heavy atom. The molecule has 36 heavy (non-hydrogen) atoms. The minimum Gasteiger partial charge on any atom is -0.465 e. The standard InChI is InChI=1S/C28H34N2O6/c1-2-27-13-6-9-18-35-26(34)22(27)21-24(32)30(16-7-8-17-31)23-25(33)29(15-10-14-28(21,23)36-27)19-20-11-4-3-5-12-20/h3-6,10-14,21-23,31H,2,7-9,15-19H2,1H3/t21-,22+,23?,27-,28-/m0/s1. The topological polar surface area (TPSA) is 96.4 Å². The van der Waals surface area contributed by atoms with Crippen LogP contribution in [0.3, 0.4) is 0 Å². The van der Waals surface area contributed by atoms with Gasteiger partial charge in [0.15, 0.2) is 0 Å². The zero-order chi connectivity index (χ0) is 25.3. The Morgan fingerprint density at radius 3 is 2.58 bits per heavy atom. The normalized spacial score (nSPS) is 33.5. The largest absolute Gasteiger partial charge is 0.465 e. The van der Waals surface area contributed by atoms with E-state index in [9.17, 15) is 19.5 Å². The van der Waals surface area contributed by atoms with Crippen molar-refractivity contribution in [2.24, 2.45) is 11.8 Å². The summed E-state index contributed by atoms with van der Waals surface area (Å²) < 4.78 is 12.4. The van der Waals surface area contributed by atoms with Crippen LogP contribution in [-0.2, 0) is 30.4 Å². The third-order valence-corrected chi connectivity index (χ3v) is 8.01. The summed E-state index contributed by atoms with van der Waals surface area (Å²) in [7, 11) is 0. The number of fused-ring (bicyclic) bond motifs is 2. The molecule has 0 radical (unpaired) electrons. The van der Waals surface area contributed by atoms with Gasteiger partial charge in [-0.25, -0.2) is 0 Å². The Kier molecular flexibility index (Phi) is 6.74. The van der Waals surface area contributed by atoms with Crippen molar-refractivity contribution in [1.82, 2.24) is 9.80 Å². The van der Waals surface area contributed by atoms with Gasteiger partial charge in [-0.15, -0.1) is 0 Å². The molecule has 5 rings (SSSR count). The summed E-state index contributed by atoms with van der Waals surface area (Å²) >= 11 is 0. The van der Waals surface area contributed by atoms with Crippen LogP contribution in [0.15, 0.2) is 54.6 Å². The number of nitrogens with zero attached hydrogens (tertiary/aromatic N) is 2. The average Bonchev–Trinajstić information content (AvgIpc) is 3.22. The zero-order valence-electron chi connectivity index (χ0n) is 20.7. The molecule has 4 heterocycles. The van der Waals surface area contributed by atoms with E-state index in [0.717, 1.165) is 5.56 Å². The molecule has 2 saturated heterocycles. The molecule has 4 aliphatic rings. The molecule has 8 nitrogen and oxygen atoms in total. The van der Waals surface area contributed by atoms with Gasteiger partial charge in [-0.1, -0.05) is 61.6 Å². The van der Waals surface area contributed by atoms with Gasteiger partial charge >= 0.3 is 5.97 Å². The first kappa shape index (κ1) is 24.7. The van der Waals surface area contributed by atoms with E-state index in [1.165, 1.54) is 0 Å². The molecular weight excluding hydrogens is 460 g/mol. The molecule has 2 fully saturated rings. The number of aliphatic hydroxyl groups excluding tert-OH is 1. The molecule has 1 N–H and O–H groups in total. The van der Waals surface area contributed by atoms with E-state index in [2.05, 4.69) is 0 Å². The maximum Gasteiger partial charge on any atom is 0.313 e. The van der Waals surface area contributed by atoms with Crippen molar-refractivity contribution in [3.63, 3.8) is 0 Å². The Balaban J connectivity index is 1.59. The van der Waals surface area contributed by atoms with Crippen LogP contribution in [0.5, 0.6) is 0 Å². The quantitative estimate of drug-likeness (QED) is 0.355. The van der Waals surface area contributed by atoms with Crippen molar-refractivity contribution < 1.29 is 29.0 Å². The summed E-state index contributed by atoms with van der Waals surface area (Å²) in [6, 6.07) is 8.85. The number of ether oxygens (including phenoxy) is 2.